The lowest BCUT2D eigenvalue weighted by Crippen LogP contribution is -2.37. The summed E-state index contributed by atoms with van der Waals surface area (Å²) in [5, 5.41) is 6.48. The molecular formula is C23H25ClN6O3. The molecule has 1 aliphatic rings. The van der Waals surface area contributed by atoms with Crippen LogP contribution >= 0.6 is 11.6 Å². The van der Waals surface area contributed by atoms with Crippen LogP contribution in [0.1, 0.15) is 6.42 Å². The van der Waals surface area contributed by atoms with E-state index in [-0.39, 0.29) is 0 Å². The minimum atomic E-state index is -0.621. The quantitative estimate of drug-likeness (QED) is 0.479. The van der Waals surface area contributed by atoms with Gasteiger partial charge >= 0.3 is 6.09 Å². The van der Waals surface area contributed by atoms with Gasteiger partial charge in [0.25, 0.3) is 0 Å². The molecule has 10 heteroatoms. The van der Waals surface area contributed by atoms with Crippen molar-refractivity contribution in [2.75, 3.05) is 50.0 Å². The van der Waals surface area contributed by atoms with Crippen molar-refractivity contribution in [3.63, 3.8) is 0 Å². The summed E-state index contributed by atoms with van der Waals surface area (Å²) >= 11 is 5.84. The second-order valence-electron chi connectivity index (χ2n) is 7.46. The highest BCUT2D eigenvalue weighted by Gasteiger charge is 2.10. The third kappa shape index (κ3) is 7.11. The molecule has 0 atom stereocenters. The van der Waals surface area contributed by atoms with E-state index in [9.17, 15) is 4.79 Å². The number of carbonyl (C=O) groups is 1. The molecule has 0 radical (unpaired) electrons. The number of benzene rings is 1. The Morgan fingerprint density at radius 3 is 2.58 bits per heavy atom. The maximum absolute atomic E-state index is 12.1. The number of nitrogens with one attached hydrogen (secondary N) is 2. The summed E-state index contributed by atoms with van der Waals surface area (Å²) in [6.07, 6.45) is 7.06. The summed E-state index contributed by atoms with van der Waals surface area (Å²) < 4.78 is 10.6. The number of morpholine rings is 1. The number of amides is 1. The second kappa shape index (κ2) is 11.6. The van der Waals surface area contributed by atoms with Gasteiger partial charge in [0.2, 0.25) is 5.95 Å². The molecule has 1 aliphatic heterocycles. The van der Waals surface area contributed by atoms with Crippen LogP contribution < -0.4 is 15.4 Å². The van der Waals surface area contributed by atoms with Gasteiger partial charge in [0.1, 0.15) is 5.75 Å². The number of nitrogens with zero attached hydrogens (tertiary/aromatic N) is 4. The predicted octanol–water partition coefficient (Wildman–Crippen LogP) is 3.94. The summed E-state index contributed by atoms with van der Waals surface area (Å²) in [5.74, 6) is 0.969. The SMILES string of the molecule is O=C(Nc1cncc(-c2cnc(NCCCN3CCOCC3)nc2)c1)Oc1ccc(Cl)cc1. The van der Waals surface area contributed by atoms with E-state index in [0.717, 1.165) is 56.9 Å². The first-order valence-electron chi connectivity index (χ1n) is 10.7. The molecule has 33 heavy (non-hydrogen) atoms. The van der Waals surface area contributed by atoms with Crippen LogP contribution in [0.15, 0.2) is 55.1 Å². The van der Waals surface area contributed by atoms with Crippen LogP contribution in [0.3, 0.4) is 0 Å². The fraction of sp³-hybridized carbons (Fsp3) is 0.304. The summed E-state index contributed by atoms with van der Waals surface area (Å²) in [5.41, 5.74) is 2.06. The maximum Gasteiger partial charge on any atom is 0.417 e. The highest BCUT2D eigenvalue weighted by atomic mass is 35.5. The van der Waals surface area contributed by atoms with E-state index in [1.165, 1.54) is 6.20 Å². The van der Waals surface area contributed by atoms with Gasteiger partial charge < -0.3 is 14.8 Å². The number of pyridine rings is 1. The number of aromatic nitrogens is 3. The molecule has 1 amide bonds. The van der Waals surface area contributed by atoms with Crippen molar-refractivity contribution >= 4 is 29.3 Å². The van der Waals surface area contributed by atoms with Gasteiger partial charge in [-0.2, -0.15) is 0 Å². The van der Waals surface area contributed by atoms with Crippen molar-refractivity contribution in [3.8, 4) is 16.9 Å². The number of carbonyl (C=O) groups excluding carboxylic acids is 1. The summed E-state index contributed by atoms with van der Waals surface area (Å²) in [6, 6.07) is 8.31. The standard InChI is InChI=1S/C23H25ClN6O3/c24-19-2-4-21(5-3-19)33-23(31)29-20-12-17(13-25-16-20)18-14-27-22(28-15-18)26-6-1-7-30-8-10-32-11-9-30/h2-5,12-16H,1,6-11H2,(H,29,31)(H,26,27,28). The van der Waals surface area contributed by atoms with E-state index in [4.69, 9.17) is 21.1 Å². The fourth-order valence-corrected chi connectivity index (χ4v) is 3.44. The third-order valence-corrected chi connectivity index (χ3v) is 5.28. The van der Waals surface area contributed by atoms with E-state index in [0.29, 0.717) is 22.4 Å². The van der Waals surface area contributed by atoms with E-state index in [1.807, 2.05) is 0 Å². The fourth-order valence-electron chi connectivity index (χ4n) is 3.32. The number of rotatable bonds is 8. The van der Waals surface area contributed by atoms with Crippen LogP contribution in [0.5, 0.6) is 5.75 Å². The minimum Gasteiger partial charge on any atom is -0.410 e. The maximum atomic E-state index is 12.1. The molecule has 1 aromatic carbocycles. The Kier molecular flexibility index (Phi) is 8.02. The van der Waals surface area contributed by atoms with Gasteiger partial charge in [0, 0.05) is 54.4 Å². The monoisotopic (exact) mass is 468 g/mol. The van der Waals surface area contributed by atoms with Crippen LogP contribution in [0.2, 0.25) is 5.02 Å². The first-order chi connectivity index (χ1) is 16.2. The Morgan fingerprint density at radius 2 is 1.82 bits per heavy atom. The highest BCUT2D eigenvalue weighted by Crippen LogP contribution is 2.21. The zero-order valence-electron chi connectivity index (χ0n) is 18.0. The number of anilines is 2. The van der Waals surface area contributed by atoms with Crippen LogP contribution in [-0.2, 0) is 4.74 Å². The molecule has 0 spiro atoms. The average molecular weight is 469 g/mol. The lowest BCUT2D eigenvalue weighted by atomic mass is 10.1. The van der Waals surface area contributed by atoms with Gasteiger partial charge in [-0.3, -0.25) is 15.2 Å². The van der Waals surface area contributed by atoms with Crippen molar-refractivity contribution in [1.82, 2.24) is 19.9 Å². The van der Waals surface area contributed by atoms with E-state index in [1.54, 1.807) is 48.9 Å². The third-order valence-electron chi connectivity index (χ3n) is 5.03. The summed E-state index contributed by atoms with van der Waals surface area (Å²) in [7, 11) is 0. The Balaban J connectivity index is 1.27. The number of halogens is 1. The van der Waals surface area contributed by atoms with Gasteiger partial charge in [-0.25, -0.2) is 14.8 Å². The molecule has 0 saturated carbocycles. The summed E-state index contributed by atoms with van der Waals surface area (Å²) in [6.45, 7) is 5.44. The van der Waals surface area contributed by atoms with Crippen molar-refractivity contribution in [3.05, 3.63) is 60.1 Å². The van der Waals surface area contributed by atoms with Crippen LogP contribution in [0.25, 0.3) is 11.1 Å². The Bertz CT molecular complexity index is 1040. The molecular weight excluding hydrogens is 444 g/mol. The molecule has 3 aromatic rings. The molecule has 0 unspecified atom stereocenters. The average Bonchev–Trinajstić information content (AvgIpc) is 2.84. The smallest absolute Gasteiger partial charge is 0.410 e. The van der Waals surface area contributed by atoms with Crippen molar-refractivity contribution in [2.24, 2.45) is 0 Å². The molecule has 0 bridgehead atoms. The molecule has 1 fully saturated rings. The van der Waals surface area contributed by atoms with E-state index < -0.39 is 6.09 Å². The minimum absolute atomic E-state index is 0.391. The molecule has 4 rings (SSSR count). The number of hydrogen-bond donors (Lipinski definition) is 2. The van der Waals surface area contributed by atoms with Crippen LogP contribution in [0, 0.1) is 0 Å². The van der Waals surface area contributed by atoms with Crippen LogP contribution in [-0.4, -0.2) is 65.3 Å². The zero-order valence-corrected chi connectivity index (χ0v) is 18.8. The first-order valence-corrected chi connectivity index (χ1v) is 11.1. The Labute approximate surface area is 197 Å². The highest BCUT2D eigenvalue weighted by molar-refractivity contribution is 6.30. The van der Waals surface area contributed by atoms with E-state index in [2.05, 4.69) is 30.5 Å². The van der Waals surface area contributed by atoms with Gasteiger partial charge in [0.15, 0.2) is 0 Å². The molecule has 172 valence electrons. The second-order valence-corrected chi connectivity index (χ2v) is 7.90. The van der Waals surface area contributed by atoms with Gasteiger partial charge in [0.05, 0.1) is 25.1 Å². The Hall–Kier alpha value is -3.27. The molecule has 2 N–H and O–H groups in total. The molecule has 9 nitrogen and oxygen atoms in total. The van der Waals surface area contributed by atoms with Gasteiger partial charge in [-0.1, -0.05) is 11.6 Å². The largest absolute Gasteiger partial charge is 0.417 e. The topological polar surface area (TPSA) is 102 Å². The number of hydrogen-bond acceptors (Lipinski definition) is 8. The molecule has 2 aromatic heterocycles. The first kappa shape index (κ1) is 22.9. The lowest BCUT2D eigenvalue weighted by Gasteiger charge is -2.26. The van der Waals surface area contributed by atoms with E-state index >= 15 is 0 Å². The van der Waals surface area contributed by atoms with Crippen molar-refractivity contribution in [1.29, 1.82) is 0 Å². The molecule has 3 heterocycles. The Morgan fingerprint density at radius 1 is 1.06 bits per heavy atom. The van der Waals surface area contributed by atoms with Gasteiger partial charge in [-0.15, -0.1) is 0 Å². The van der Waals surface area contributed by atoms with Crippen molar-refractivity contribution < 1.29 is 14.3 Å². The summed E-state index contributed by atoms with van der Waals surface area (Å²) in [4.78, 5) is 27.5. The normalized spacial score (nSPS) is 14.0. The zero-order chi connectivity index (χ0) is 22.9. The van der Waals surface area contributed by atoms with Gasteiger partial charge in [-0.05, 0) is 43.3 Å². The molecule has 1 saturated heterocycles. The predicted molar refractivity (Wildman–Crippen MR) is 127 cm³/mol. The lowest BCUT2D eigenvalue weighted by molar-refractivity contribution is 0.0378. The van der Waals surface area contributed by atoms with Crippen molar-refractivity contribution in [2.45, 2.75) is 6.42 Å². The number of ether oxygens (including phenoxy) is 2. The molecule has 0 aliphatic carbocycles. The van der Waals surface area contributed by atoms with Crippen LogP contribution in [0.4, 0.5) is 16.4 Å².